The summed E-state index contributed by atoms with van der Waals surface area (Å²) in [5.74, 6) is 0.127. The van der Waals surface area contributed by atoms with E-state index in [4.69, 9.17) is 16.3 Å². The predicted molar refractivity (Wildman–Crippen MR) is 124 cm³/mol. The third-order valence-corrected chi connectivity index (χ3v) is 6.21. The molecule has 0 saturated carbocycles. The summed E-state index contributed by atoms with van der Waals surface area (Å²) < 4.78 is 6.36. The normalized spacial score (nSPS) is 11.4. The molecule has 7 heteroatoms. The highest BCUT2D eigenvalue weighted by Gasteiger charge is 2.22. The molecule has 158 valence electrons. The van der Waals surface area contributed by atoms with Gasteiger partial charge in [0, 0.05) is 10.9 Å². The summed E-state index contributed by atoms with van der Waals surface area (Å²) in [5.41, 5.74) is 2.49. The maximum absolute atomic E-state index is 12.6. The van der Waals surface area contributed by atoms with Gasteiger partial charge in [-0.1, -0.05) is 29.8 Å². The summed E-state index contributed by atoms with van der Waals surface area (Å²) in [6, 6.07) is 11.1. The van der Waals surface area contributed by atoms with Crippen molar-refractivity contribution in [3.05, 3.63) is 57.4 Å². The van der Waals surface area contributed by atoms with Gasteiger partial charge in [-0.05, 0) is 63.9 Å². The van der Waals surface area contributed by atoms with E-state index in [9.17, 15) is 9.59 Å². The molecule has 5 nitrogen and oxygen atoms in total. The Balaban J connectivity index is 1.77. The molecule has 0 fully saturated rings. The predicted octanol–water partition coefficient (Wildman–Crippen LogP) is 5.72. The Morgan fingerprint density at radius 3 is 2.50 bits per heavy atom. The lowest BCUT2D eigenvalue weighted by Crippen LogP contribution is -2.40. The lowest BCUT2D eigenvalue weighted by molar-refractivity contribution is -0.118. The standard InChI is InChI=1S/C23H25ClN2O3S/c1-13-9-10-15(11-14(13)2)29-12-18(27)25-17-8-6-7-16-19(24)21(30-20(16)17)22(28)26-23(3,4)5/h6-11H,12H2,1-5H3,(H,25,27)(H,26,28). The molecule has 1 heterocycles. The lowest BCUT2D eigenvalue weighted by atomic mass is 10.1. The van der Waals surface area contributed by atoms with Crippen LogP contribution in [-0.2, 0) is 4.79 Å². The highest BCUT2D eigenvalue weighted by atomic mass is 35.5. The van der Waals surface area contributed by atoms with E-state index >= 15 is 0 Å². The van der Waals surface area contributed by atoms with Gasteiger partial charge in [-0.2, -0.15) is 0 Å². The average molecular weight is 445 g/mol. The minimum atomic E-state index is -0.376. The summed E-state index contributed by atoms with van der Waals surface area (Å²) in [6.45, 7) is 9.63. The Morgan fingerprint density at radius 2 is 1.83 bits per heavy atom. The lowest BCUT2D eigenvalue weighted by Gasteiger charge is -2.19. The van der Waals surface area contributed by atoms with E-state index in [1.807, 2.05) is 58.9 Å². The minimum absolute atomic E-state index is 0.116. The summed E-state index contributed by atoms with van der Waals surface area (Å²) in [4.78, 5) is 25.5. The molecule has 3 rings (SSSR count). The molecule has 0 atom stereocenters. The van der Waals surface area contributed by atoms with Crippen molar-refractivity contribution in [2.75, 3.05) is 11.9 Å². The molecule has 1 aromatic heterocycles. The van der Waals surface area contributed by atoms with E-state index < -0.39 is 0 Å². The minimum Gasteiger partial charge on any atom is -0.484 e. The van der Waals surface area contributed by atoms with Gasteiger partial charge in [0.2, 0.25) is 0 Å². The molecule has 2 N–H and O–H groups in total. The van der Waals surface area contributed by atoms with Crippen LogP contribution in [0.15, 0.2) is 36.4 Å². The first-order chi connectivity index (χ1) is 14.0. The molecule has 0 bridgehead atoms. The van der Waals surface area contributed by atoms with Crippen LogP contribution in [0.25, 0.3) is 10.1 Å². The molecule has 3 aromatic rings. The highest BCUT2D eigenvalue weighted by molar-refractivity contribution is 7.22. The molecule has 2 aromatic carbocycles. The van der Waals surface area contributed by atoms with Gasteiger partial charge in [0.05, 0.1) is 15.4 Å². The molecule has 0 saturated heterocycles. The molecule has 0 unspecified atom stereocenters. The Labute approximate surface area is 185 Å². The number of ether oxygens (including phenoxy) is 1. The quantitative estimate of drug-likeness (QED) is 0.529. The van der Waals surface area contributed by atoms with Crippen molar-refractivity contribution < 1.29 is 14.3 Å². The number of anilines is 1. The van der Waals surface area contributed by atoms with Crippen LogP contribution in [0.4, 0.5) is 5.69 Å². The fourth-order valence-corrected chi connectivity index (χ4v) is 4.34. The Bertz CT molecular complexity index is 1120. The topological polar surface area (TPSA) is 67.4 Å². The van der Waals surface area contributed by atoms with Crippen LogP contribution in [-0.4, -0.2) is 24.0 Å². The van der Waals surface area contributed by atoms with Crippen LogP contribution in [0, 0.1) is 13.8 Å². The van der Waals surface area contributed by atoms with Gasteiger partial charge in [0.25, 0.3) is 11.8 Å². The number of fused-ring (bicyclic) bond motifs is 1. The molecule has 30 heavy (non-hydrogen) atoms. The first kappa shape index (κ1) is 22.1. The molecule has 2 amide bonds. The van der Waals surface area contributed by atoms with Crippen molar-refractivity contribution >= 4 is 50.5 Å². The molecular formula is C23H25ClN2O3S. The Kier molecular flexibility index (Phi) is 6.38. The SMILES string of the molecule is Cc1ccc(OCC(=O)Nc2cccc3c(Cl)c(C(=O)NC(C)(C)C)sc23)cc1C. The fourth-order valence-electron chi connectivity index (χ4n) is 2.87. The summed E-state index contributed by atoms with van der Waals surface area (Å²) in [5, 5.41) is 6.91. The van der Waals surface area contributed by atoms with E-state index in [0.29, 0.717) is 21.3 Å². The van der Waals surface area contributed by atoms with Gasteiger partial charge in [0.15, 0.2) is 6.61 Å². The number of carbonyl (C=O) groups excluding carboxylic acids is 2. The fraction of sp³-hybridized carbons (Fsp3) is 0.304. The Hall–Kier alpha value is -2.57. The number of aryl methyl sites for hydroxylation is 2. The Morgan fingerprint density at radius 1 is 1.10 bits per heavy atom. The number of rotatable bonds is 5. The zero-order chi connectivity index (χ0) is 22.1. The van der Waals surface area contributed by atoms with Crippen LogP contribution >= 0.6 is 22.9 Å². The van der Waals surface area contributed by atoms with Crippen molar-refractivity contribution in [3.8, 4) is 5.75 Å². The van der Waals surface area contributed by atoms with Crippen molar-refractivity contribution in [2.24, 2.45) is 0 Å². The smallest absolute Gasteiger partial charge is 0.263 e. The molecule has 0 aliphatic carbocycles. The molecule has 0 aliphatic rings. The van der Waals surface area contributed by atoms with E-state index in [-0.39, 0.29) is 24.0 Å². The molecule has 0 aliphatic heterocycles. The zero-order valence-electron chi connectivity index (χ0n) is 17.7. The maximum Gasteiger partial charge on any atom is 0.263 e. The number of benzene rings is 2. The number of amides is 2. The zero-order valence-corrected chi connectivity index (χ0v) is 19.3. The van der Waals surface area contributed by atoms with Gasteiger partial charge < -0.3 is 15.4 Å². The van der Waals surface area contributed by atoms with Crippen LogP contribution in [0.5, 0.6) is 5.75 Å². The van der Waals surface area contributed by atoms with Crippen molar-refractivity contribution in [3.63, 3.8) is 0 Å². The molecule has 0 spiro atoms. The largest absolute Gasteiger partial charge is 0.484 e. The van der Waals surface area contributed by atoms with E-state index in [1.165, 1.54) is 16.9 Å². The number of thiophene rings is 1. The monoisotopic (exact) mass is 444 g/mol. The van der Waals surface area contributed by atoms with Gasteiger partial charge >= 0.3 is 0 Å². The molecular weight excluding hydrogens is 420 g/mol. The van der Waals surface area contributed by atoms with Gasteiger partial charge in [-0.25, -0.2) is 0 Å². The summed E-state index contributed by atoms with van der Waals surface area (Å²) in [6.07, 6.45) is 0. The van der Waals surface area contributed by atoms with Gasteiger partial charge in [0.1, 0.15) is 10.6 Å². The van der Waals surface area contributed by atoms with E-state index in [2.05, 4.69) is 10.6 Å². The summed E-state index contributed by atoms with van der Waals surface area (Å²) >= 11 is 7.73. The average Bonchev–Trinajstić information content (AvgIpc) is 2.99. The number of hydrogen-bond acceptors (Lipinski definition) is 4. The van der Waals surface area contributed by atoms with Crippen LogP contribution in [0.3, 0.4) is 0 Å². The van der Waals surface area contributed by atoms with Crippen LogP contribution < -0.4 is 15.4 Å². The third-order valence-electron chi connectivity index (χ3n) is 4.47. The second-order valence-electron chi connectivity index (χ2n) is 8.21. The van der Waals surface area contributed by atoms with Crippen LogP contribution in [0.2, 0.25) is 5.02 Å². The number of halogens is 1. The highest BCUT2D eigenvalue weighted by Crippen LogP contribution is 2.39. The van der Waals surface area contributed by atoms with Gasteiger partial charge in [-0.15, -0.1) is 11.3 Å². The van der Waals surface area contributed by atoms with Crippen molar-refractivity contribution in [1.29, 1.82) is 0 Å². The number of nitrogens with one attached hydrogen (secondary N) is 2. The first-order valence-corrected chi connectivity index (χ1v) is 10.8. The first-order valence-electron chi connectivity index (χ1n) is 9.58. The van der Waals surface area contributed by atoms with E-state index in [1.54, 1.807) is 12.1 Å². The second kappa shape index (κ2) is 8.66. The molecule has 0 radical (unpaired) electrons. The van der Waals surface area contributed by atoms with Crippen molar-refractivity contribution in [1.82, 2.24) is 5.32 Å². The maximum atomic E-state index is 12.6. The third kappa shape index (κ3) is 5.12. The number of carbonyl (C=O) groups is 2. The second-order valence-corrected chi connectivity index (χ2v) is 9.61. The number of hydrogen-bond donors (Lipinski definition) is 2. The van der Waals surface area contributed by atoms with Crippen molar-refractivity contribution in [2.45, 2.75) is 40.2 Å². The van der Waals surface area contributed by atoms with Crippen LogP contribution in [0.1, 0.15) is 41.6 Å². The van der Waals surface area contributed by atoms with Gasteiger partial charge in [-0.3, -0.25) is 9.59 Å². The van der Waals surface area contributed by atoms with E-state index in [0.717, 1.165) is 15.6 Å². The summed E-state index contributed by atoms with van der Waals surface area (Å²) in [7, 11) is 0.